The van der Waals surface area contributed by atoms with Crippen molar-refractivity contribution in [1.29, 1.82) is 0 Å². The third kappa shape index (κ3) is 4.02. The molecule has 1 unspecified atom stereocenters. The van der Waals surface area contributed by atoms with Crippen molar-refractivity contribution in [2.75, 3.05) is 14.2 Å². The Kier molecular flexibility index (Phi) is 5.28. The summed E-state index contributed by atoms with van der Waals surface area (Å²) in [6.07, 6.45) is 1.14. The summed E-state index contributed by atoms with van der Waals surface area (Å²) in [5.74, 6) is -0.345. The van der Waals surface area contributed by atoms with E-state index in [1.165, 1.54) is 19.2 Å². The van der Waals surface area contributed by atoms with Crippen LogP contribution in [0.3, 0.4) is 0 Å². The molecule has 0 fully saturated rings. The van der Waals surface area contributed by atoms with E-state index < -0.39 is 0 Å². The van der Waals surface area contributed by atoms with Crippen molar-refractivity contribution in [2.45, 2.75) is 18.9 Å². The number of nitrogens with one attached hydrogen (secondary N) is 1. The zero-order valence-electron chi connectivity index (χ0n) is 12.2. The topological polar surface area (TPSA) is 21.3 Å². The zero-order valence-corrected chi connectivity index (χ0v) is 12.2. The standard InChI is InChI=1S/C17H19F2NO/c1-20-15(10-12-5-3-7-14(18)9-12)11-13-6-4-8-16(21-2)17(13)19/h3-9,15,20H,10-11H2,1-2H3. The summed E-state index contributed by atoms with van der Waals surface area (Å²) in [5, 5.41) is 3.15. The average molecular weight is 291 g/mol. The lowest BCUT2D eigenvalue weighted by molar-refractivity contribution is 0.382. The van der Waals surface area contributed by atoms with Crippen LogP contribution in [0.4, 0.5) is 8.78 Å². The zero-order chi connectivity index (χ0) is 15.2. The monoisotopic (exact) mass is 291 g/mol. The molecule has 0 amide bonds. The highest BCUT2D eigenvalue weighted by molar-refractivity contribution is 5.32. The first-order valence-electron chi connectivity index (χ1n) is 6.87. The van der Waals surface area contributed by atoms with Gasteiger partial charge in [-0.25, -0.2) is 8.78 Å². The molecule has 1 atom stereocenters. The van der Waals surface area contributed by atoms with Gasteiger partial charge in [0.15, 0.2) is 11.6 Å². The summed E-state index contributed by atoms with van der Waals surface area (Å²) in [6, 6.07) is 11.6. The van der Waals surface area contributed by atoms with E-state index in [0.717, 1.165) is 5.56 Å². The first-order valence-corrected chi connectivity index (χ1v) is 6.87. The lowest BCUT2D eigenvalue weighted by Crippen LogP contribution is -2.30. The minimum Gasteiger partial charge on any atom is -0.494 e. The van der Waals surface area contributed by atoms with Crippen molar-refractivity contribution in [1.82, 2.24) is 5.32 Å². The van der Waals surface area contributed by atoms with E-state index in [2.05, 4.69) is 5.32 Å². The molecule has 1 N–H and O–H groups in total. The van der Waals surface area contributed by atoms with Gasteiger partial charge in [0.2, 0.25) is 0 Å². The Bertz CT molecular complexity index is 601. The summed E-state index contributed by atoms with van der Waals surface area (Å²) in [7, 11) is 3.27. The van der Waals surface area contributed by atoms with Gasteiger partial charge in [-0.1, -0.05) is 24.3 Å². The highest BCUT2D eigenvalue weighted by Crippen LogP contribution is 2.21. The van der Waals surface area contributed by atoms with E-state index in [4.69, 9.17) is 4.74 Å². The van der Waals surface area contributed by atoms with Gasteiger partial charge in [-0.2, -0.15) is 0 Å². The Balaban J connectivity index is 2.12. The number of rotatable bonds is 6. The molecule has 0 bridgehead atoms. The SMILES string of the molecule is CNC(Cc1cccc(F)c1)Cc1cccc(OC)c1F. The second-order valence-electron chi connectivity index (χ2n) is 4.96. The third-order valence-corrected chi connectivity index (χ3v) is 3.51. The molecule has 0 radical (unpaired) electrons. The Morgan fingerprint density at radius 1 is 1.10 bits per heavy atom. The van der Waals surface area contributed by atoms with Gasteiger partial charge in [0.05, 0.1) is 7.11 Å². The molecule has 2 aromatic rings. The predicted octanol–water partition coefficient (Wildman–Crippen LogP) is 3.35. The largest absolute Gasteiger partial charge is 0.494 e. The molecule has 0 aliphatic carbocycles. The fourth-order valence-corrected chi connectivity index (χ4v) is 2.36. The summed E-state index contributed by atoms with van der Waals surface area (Å²) in [5.41, 5.74) is 1.47. The average Bonchev–Trinajstić information content (AvgIpc) is 2.48. The molecule has 0 aliphatic heterocycles. The number of benzene rings is 2. The van der Waals surface area contributed by atoms with E-state index in [1.807, 2.05) is 13.1 Å². The quantitative estimate of drug-likeness (QED) is 0.881. The van der Waals surface area contributed by atoms with Crippen molar-refractivity contribution in [3.05, 3.63) is 65.2 Å². The van der Waals surface area contributed by atoms with Crippen LogP contribution < -0.4 is 10.1 Å². The number of likely N-dealkylation sites (N-methyl/N-ethyl adjacent to an activating group) is 1. The van der Waals surface area contributed by atoms with Gasteiger partial charge < -0.3 is 10.1 Å². The van der Waals surface area contributed by atoms with Gasteiger partial charge in [-0.05, 0) is 49.2 Å². The first-order chi connectivity index (χ1) is 10.1. The Morgan fingerprint density at radius 3 is 2.52 bits per heavy atom. The molecule has 2 nitrogen and oxygen atoms in total. The number of hydrogen-bond acceptors (Lipinski definition) is 2. The molecule has 2 aromatic carbocycles. The van der Waals surface area contributed by atoms with E-state index in [-0.39, 0.29) is 23.4 Å². The van der Waals surface area contributed by atoms with Crippen molar-refractivity contribution in [2.24, 2.45) is 0 Å². The van der Waals surface area contributed by atoms with Crippen LogP contribution in [-0.2, 0) is 12.8 Å². The molecule has 0 aliphatic rings. The van der Waals surface area contributed by atoms with Gasteiger partial charge in [-0.3, -0.25) is 0 Å². The highest BCUT2D eigenvalue weighted by Gasteiger charge is 2.14. The minimum atomic E-state index is -0.334. The summed E-state index contributed by atoms with van der Waals surface area (Å²) in [4.78, 5) is 0. The summed E-state index contributed by atoms with van der Waals surface area (Å²) >= 11 is 0. The van der Waals surface area contributed by atoms with Gasteiger partial charge in [0.25, 0.3) is 0 Å². The molecule has 4 heteroatoms. The van der Waals surface area contributed by atoms with Crippen LogP contribution >= 0.6 is 0 Å². The molecule has 0 heterocycles. The number of ether oxygens (including phenoxy) is 1. The summed E-state index contributed by atoms with van der Waals surface area (Å²) in [6.45, 7) is 0. The number of hydrogen-bond donors (Lipinski definition) is 1. The maximum absolute atomic E-state index is 14.2. The molecule has 112 valence electrons. The van der Waals surface area contributed by atoms with Crippen LogP contribution in [0.1, 0.15) is 11.1 Å². The van der Waals surface area contributed by atoms with Crippen LogP contribution in [0, 0.1) is 11.6 Å². The lowest BCUT2D eigenvalue weighted by Gasteiger charge is -2.17. The van der Waals surface area contributed by atoms with Crippen molar-refractivity contribution < 1.29 is 13.5 Å². The Hall–Kier alpha value is -1.94. The lowest BCUT2D eigenvalue weighted by atomic mass is 9.98. The molecule has 2 rings (SSSR count). The van der Waals surface area contributed by atoms with Gasteiger partial charge in [-0.15, -0.1) is 0 Å². The molecule has 0 spiro atoms. The van der Waals surface area contributed by atoms with E-state index in [0.29, 0.717) is 18.4 Å². The molecular weight excluding hydrogens is 272 g/mol. The van der Waals surface area contributed by atoms with E-state index >= 15 is 0 Å². The fraction of sp³-hybridized carbons (Fsp3) is 0.294. The summed E-state index contributed by atoms with van der Waals surface area (Å²) < 4.78 is 32.4. The maximum Gasteiger partial charge on any atom is 0.168 e. The predicted molar refractivity (Wildman–Crippen MR) is 79.6 cm³/mol. The third-order valence-electron chi connectivity index (χ3n) is 3.51. The van der Waals surface area contributed by atoms with Crippen LogP contribution in [0.15, 0.2) is 42.5 Å². The minimum absolute atomic E-state index is 0.0217. The van der Waals surface area contributed by atoms with Gasteiger partial charge in [0.1, 0.15) is 5.82 Å². The first kappa shape index (κ1) is 15.4. The van der Waals surface area contributed by atoms with Gasteiger partial charge >= 0.3 is 0 Å². The van der Waals surface area contributed by atoms with E-state index in [9.17, 15) is 8.78 Å². The normalized spacial score (nSPS) is 12.2. The van der Waals surface area contributed by atoms with Crippen LogP contribution in [0.25, 0.3) is 0 Å². The fourth-order valence-electron chi connectivity index (χ4n) is 2.36. The van der Waals surface area contributed by atoms with Crippen molar-refractivity contribution in [3.8, 4) is 5.75 Å². The smallest absolute Gasteiger partial charge is 0.168 e. The van der Waals surface area contributed by atoms with Crippen molar-refractivity contribution >= 4 is 0 Å². The highest BCUT2D eigenvalue weighted by atomic mass is 19.1. The Labute approximate surface area is 123 Å². The second-order valence-corrected chi connectivity index (χ2v) is 4.96. The molecule has 0 aromatic heterocycles. The molecule has 21 heavy (non-hydrogen) atoms. The van der Waals surface area contributed by atoms with Crippen LogP contribution in [0.2, 0.25) is 0 Å². The Morgan fingerprint density at radius 2 is 1.86 bits per heavy atom. The number of halogens is 2. The van der Waals surface area contributed by atoms with Crippen LogP contribution in [0.5, 0.6) is 5.75 Å². The molecule has 0 saturated carbocycles. The van der Waals surface area contributed by atoms with Crippen LogP contribution in [-0.4, -0.2) is 20.2 Å². The maximum atomic E-state index is 14.2. The molecule has 0 saturated heterocycles. The van der Waals surface area contributed by atoms with E-state index in [1.54, 1.807) is 24.3 Å². The second kappa shape index (κ2) is 7.18. The molecular formula is C17H19F2NO. The van der Waals surface area contributed by atoms with Crippen molar-refractivity contribution in [3.63, 3.8) is 0 Å². The van der Waals surface area contributed by atoms with Gasteiger partial charge in [0, 0.05) is 6.04 Å². The number of methoxy groups -OCH3 is 1.